The molecule has 0 aliphatic rings. The predicted molar refractivity (Wildman–Crippen MR) is 80.7 cm³/mol. The summed E-state index contributed by atoms with van der Waals surface area (Å²) in [6.45, 7) is 5.54. The van der Waals surface area contributed by atoms with Crippen LogP contribution in [0.5, 0.6) is 0 Å². The van der Waals surface area contributed by atoms with Gasteiger partial charge in [-0.05, 0) is 12.8 Å². The summed E-state index contributed by atoms with van der Waals surface area (Å²) in [7, 11) is 6.84. The van der Waals surface area contributed by atoms with Crippen molar-refractivity contribution in [1.29, 1.82) is 0 Å². The summed E-state index contributed by atoms with van der Waals surface area (Å²) in [6, 6.07) is 0. The van der Waals surface area contributed by atoms with Crippen LogP contribution in [0.25, 0.3) is 0 Å². The Labute approximate surface area is 116 Å². The van der Waals surface area contributed by atoms with Crippen molar-refractivity contribution in [2.45, 2.75) is 71.6 Å². The molecular weight excluding hydrogens is 222 g/mol. The summed E-state index contributed by atoms with van der Waals surface area (Å²) in [6.07, 6.45) is 12.2. The van der Waals surface area contributed by atoms with E-state index in [1.54, 1.807) is 0 Å². The lowest BCUT2D eigenvalue weighted by atomic mass is 10.1. The van der Waals surface area contributed by atoms with Crippen molar-refractivity contribution in [3.63, 3.8) is 0 Å². The van der Waals surface area contributed by atoms with Gasteiger partial charge in [0.15, 0.2) is 0 Å². The van der Waals surface area contributed by atoms with E-state index in [1.807, 2.05) is 6.92 Å². The maximum absolute atomic E-state index is 9.30. The van der Waals surface area contributed by atoms with Crippen LogP contribution in [0.1, 0.15) is 71.6 Å². The molecule has 0 aromatic carbocycles. The number of unbranched alkanes of at least 4 members (excludes halogenated alkanes) is 7. The Morgan fingerprint density at radius 3 is 1.39 bits per heavy atom. The van der Waals surface area contributed by atoms with Gasteiger partial charge in [0.05, 0.1) is 27.7 Å². The number of hydrogen-bond donors (Lipinski definition) is 0. The molecule has 18 heavy (non-hydrogen) atoms. The van der Waals surface area contributed by atoms with Gasteiger partial charge in [-0.1, -0.05) is 58.8 Å². The second kappa shape index (κ2) is 15.0. The van der Waals surface area contributed by atoms with Crippen molar-refractivity contribution in [3.8, 4) is 0 Å². The van der Waals surface area contributed by atoms with Crippen molar-refractivity contribution >= 4 is 0 Å². The monoisotopic (exact) mass is 259 g/mol. The Morgan fingerprint density at radius 2 is 1.06 bits per heavy atom. The van der Waals surface area contributed by atoms with Gasteiger partial charge in [0, 0.05) is 0 Å². The fraction of sp³-hybridized carbons (Fsp3) is 1.00. The molecule has 0 aliphatic heterocycles. The Kier molecular flexibility index (Phi) is 16.8. The quantitative estimate of drug-likeness (QED) is 0.434. The molecule has 0 rings (SSSR count). The maximum Gasteiger partial charge on any atom is 0.0780 e. The van der Waals surface area contributed by atoms with Gasteiger partial charge < -0.3 is 9.59 Å². The van der Waals surface area contributed by atoms with Crippen molar-refractivity contribution in [2.24, 2.45) is 0 Å². The van der Waals surface area contributed by atoms with Crippen molar-refractivity contribution < 1.29 is 9.59 Å². The molecule has 0 saturated heterocycles. The van der Waals surface area contributed by atoms with E-state index in [4.69, 9.17) is 0 Å². The Hall–Kier alpha value is -0.0800. The smallest absolute Gasteiger partial charge is 0.0780 e. The molecule has 0 atom stereocenters. The summed E-state index contributed by atoms with van der Waals surface area (Å²) < 4.78 is 1.12. The van der Waals surface area contributed by atoms with Crippen molar-refractivity contribution in [1.82, 2.24) is 0 Å². The summed E-state index contributed by atoms with van der Waals surface area (Å²) in [5.74, 6) is 0. The fourth-order valence-electron chi connectivity index (χ4n) is 1.72. The van der Waals surface area contributed by atoms with E-state index in [9.17, 15) is 5.11 Å². The molecule has 0 bridgehead atoms. The minimum absolute atomic E-state index is 0.0694. The van der Waals surface area contributed by atoms with Crippen LogP contribution in [0.4, 0.5) is 0 Å². The number of nitrogens with zero attached hydrogens (tertiary/aromatic N) is 1. The van der Waals surface area contributed by atoms with Crippen LogP contribution in [-0.2, 0) is 0 Å². The minimum Gasteiger partial charge on any atom is -0.854 e. The van der Waals surface area contributed by atoms with Gasteiger partial charge >= 0.3 is 0 Å². The topological polar surface area (TPSA) is 23.1 Å². The summed E-state index contributed by atoms with van der Waals surface area (Å²) in [5.41, 5.74) is 0. The highest BCUT2D eigenvalue weighted by atomic mass is 16.2. The highest BCUT2D eigenvalue weighted by Crippen LogP contribution is 2.09. The van der Waals surface area contributed by atoms with Crippen molar-refractivity contribution in [3.05, 3.63) is 0 Å². The molecule has 0 N–H and O–H groups in total. The third-order valence-electron chi connectivity index (χ3n) is 2.89. The zero-order valence-corrected chi connectivity index (χ0v) is 13.6. The van der Waals surface area contributed by atoms with Crippen LogP contribution in [0.15, 0.2) is 0 Å². The van der Waals surface area contributed by atoms with Crippen LogP contribution < -0.4 is 5.11 Å². The molecule has 0 spiro atoms. The molecule has 0 unspecified atom stereocenters. The first-order valence-corrected chi connectivity index (χ1v) is 7.86. The Morgan fingerprint density at radius 1 is 0.667 bits per heavy atom. The molecule has 0 aromatic heterocycles. The number of rotatable bonds is 10. The number of quaternary nitrogens is 1. The molecule has 0 saturated carbocycles. The lowest BCUT2D eigenvalue weighted by molar-refractivity contribution is -0.870. The highest BCUT2D eigenvalue weighted by molar-refractivity contribution is 4.45. The number of hydrogen-bond acceptors (Lipinski definition) is 1. The third-order valence-corrected chi connectivity index (χ3v) is 2.89. The van der Waals surface area contributed by atoms with E-state index in [0.29, 0.717) is 0 Å². The molecule has 0 fully saturated rings. The molecule has 0 heterocycles. The van der Waals surface area contributed by atoms with Gasteiger partial charge in [-0.2, -0.15) is 0 Å². The molecule has 2 heteroatoms. The van der Waals surface area contributed by atoms with E-state index in [0.717, 1.165) is 10.9 Å². The SMILES string of the molecule is CCCCCCCCCC[N+](C)(C)C.CCC[O-]. The second-order valence-corrected chi connectivity index (χ2v) is 6.19. The van der Waals surface area contributed by atoms with Gasteiger partial charge in [-0.3, -0.25) is 0 Å². The third kappa shape index (κ3) is 24.9. The highest BCUT2D eigenvalue weighted by Gasteiger charge is 2.04. The average Bonchev–Trinajstić information content (AvgIpc) is 2.31. The van der Waals surface area contributed by atoms with E-state index in [1.165, 1.54) is 57.9 Å². The molecule has 0 amide bonds. The maximum atomic E-state index is 9.30. The van der Waals surface area contributed by atoms with Crippen molar-refractivity contribution in [2.75, 3.05) is 34.3 Å². The lowest BCUT2D eigenvalue weighted by Crippen LogP contribution is -2.35. The van der Waals surface area contributed by atoms with Gasteiger partial charge in [-0.25, -0.2) is 0 Å². The van der Waals surface area contributed by atoms with Crippen LogP contribution in [0.2, 0.25) is 0 Å². The zero-order valence-electron chi connectivity index (χ0n) is 13.6. The normalized spacial score (nSPS) is 11.0. The van der Waals surface area contributed by atoms with Gasteiger partial charge in [0.25, 0.3) is 0 Å². The summed E-state index contributed by atoms with van der Waals surface area (Å²) >= 11 is 0. The first-order valence-electron chi connectivity index (χ1n) is 7.86. The second-order valence-electron chi connectivity index (χ2n) is 6.19. The average molecular weight is 259 g/mol. The molecule has 0 aromatic rings. The standard InChI is InChI=1S/C13H30N.C3H7O/c1-5-6-7-8-9-10-11-12-13-14(2,3)4;1-2-3-4/h5-13H2,1-4H3;2-3H2,1H3/q+1;-1. The van der Waals surface area contributed by atoms with E-state index in [-0.39, 0.29) is 6.61 Å². The van der Waals surface area contributed by atoms with E-state index in [2.05, 4.69) is 28.1 Å². The molecule has 0 aliphatic carbocycles. The summed E-state index contributed by atoms with van der Waals surface area (Å²) in [4.78, 5) is 0. The van der Waals surface area contributed by atoms with Crippen LogP contribution >= 0.6 is 0 Å². The zero-order chi connectivity index (χ0) is 14.3. The predicted octanol–water partition coefficient (Wildman–Crippen LogP) is 3.59. The fourth-order valence-corrected chi connectivity index (χ4v) is 1.72. The molecular formula is C16H37NO. The van der Waals surface area contributed by atoms with Gasteiger partial charge in [0.2, 0.25) is 0 Å². The van der Waals surface area contributed by atoms with E-state index < -0.39 is 0 Å². The van der Waals surface area contributed by atoms with Gasteiger partial charge in [-0.15, -0.1) is 6.61 Å². The Bertz CT molecular complexity index is 139. The molecule has 2 nitrogen and oxygen atoms in total. The van der Waals surface area contributed by atoms with Crippen LogP contribution in [-0.4, -0.2) is 38.8 Å². The molecule has 112 valence electrons. The first-order chi connectivity index (χ1) is 8.47. The summed E-state index contributed by atoms with van der Waals surface area (Å²) in [5, 5.41) is 9.30. The van der Waals surface area contributed by atoms with Crippen LogP contribution in [0.3, 0.4) is 0 Å². The lowest BCUT2D eigenvalue weighted by Gasteiger charge is -2.23. The van der Waals surface area contributed by atoms with Crippen LogP contribution in [0, 0.1) is 0 Å². The minimum atomic E-state index is 0.0694. The Balaban J connectivity index is 0. The van der Waals surface area contributed by atoms with E-state index >= 15 is 0 Å². The molecule has 0 radical (unpaired) electrons. The first kappa shape index (κ1) is 20.2. The largest absolute Gasteiger partial charge is 0.854 e. The van der Waals surface area contributed by atoms with Gasteiger partial charge in [0.1, 0.15) is 0 Å².